The number of benzene rings is 2. The van der Waals surface area contributed by atoms with E-state index in [0.717, 1.165) is 5.69 Å². The second-order valence-corrected chi connectivity index (χ2v) is 10.9. The Morgan fingerprint density at radius 3 is 2.37 bits per heavy atom. The fraction of sp³-hybridized carbons (Fsp3) is 0.333. The van der Waals surface area contributed by atoms with Gasteiger partial charge >= 0.3 is 0 Å². The zero-order valence-electron chi connectivity index (χ0n) is 21.2. The van der Waals surface area contributed by atoms with Crippen molar-refractivity contribution >= 4 is 63.1 Å². The number of carbonyl (C=O) groups is 3. The number of para-hydroxylation sites is 1. The number of nitrogens with one attached hydrogen (secondary N) is 1. The van der Waals surface area contributed by atoms with Gasteiger partial charge in [0.25, 0.3) is 5.91 Å². The second-order valence-electron chi connectivity index (χ2n) is 9.22. The first kappa shape index (κ1) is 27.9. The molecule has 2 heterocycles. The highest BCUT2D eigenvalue weighted by molar-refractivity contribution is 7.13. The van der Waals surface area contributed by atoms with Crippen LogP contribution in [0.25, 0.3) is 0 Å². The normalized spacial score (nSPS) is 13.5. The molecule has 0 aliphatic carbocycles. The molecule has 1 fully saturated rings. The maximum absolute atomic E-state index is 12.9. The first-order valence-corrected chi connectivity index (χ1v) is 13.9. The van der Waals surface area contributed by atoms with Crippen LogP contribution < -0.4 is 10.2 Å². The molecule has 1 aromatic heterocycles. The van der Waals surface area contributed by atoms with Gasteiger partial charge < -0.3 is 20.0 Å². The Balaban J connectivity index is 1.28. The van der Waals surface area contributed by atoms with Gasteiger partial charge in [0.05, 0.1) is 22.8 Å². The Labute approximate surface area is 236 Å². The van der Waals surface area contributed by atoms with Crippen molar-refractivity contribution in [2.45, 2.75) is 26.3 Å². The molecule has 0 radical (unpaired) electrons. The molecule has 1 aliphatic rings. The summed E-state index contributed by atoms with van der Waals surface area (Å²) < 4.78 is 0. The highest BCUT2D eigenvalue weighted by atomic mass is 35.5. The number of aromatic nitrogens is 1. The first-order chi connectivity index (χ1) is 18.2. The Hall–Kier alpha value is -3.14. The molecule has 3 aromatic rings. The van der Waals surface area contributed by atoms with Gasteiger partial charge in [-0.25, -0.2) is 4.98 Å². The summed E-state index contributed by atoms with van der Waals surface area (Å²) in [5.41, 5.74) is 2.03. The number of amides is 3. The summed E-state index contributed by atoms with van der Waals surface area (Å²) in [6.45, 7) is 6.19. The zero-order chi connectivity index (χ0) is 27.2. The summed E-state index contributed by atoms with van der Waals surface area (Å²) in [5.74, 6) is -0.623. The van der Waals surface area contributed by atoms with E-state index in [-0.39, 0.29) is 36.7 Å². The van der Waals surface area contributed by atoms with Gasteiger partial charge in [-0.2, -0.15) is 0 Å². The average molecular weight is 575 g/mol. The topological polar surface area (TPSA) is 85.8 Å². The molecule has 3 amide bonds. The molecule has 11 heteroatoms. The first-order valence-electron chi connectivity index (χ1n) is 12.3. The molecule has 0 spiro atoms. The number of rotatable bonds is 8. The van der Waals surface area contributed by atoms with Crippen molar-refractivity contribution in [1.82, 2.24) is 14.8 Å². The van der Waals surface area contributed by atoms with Gasteiger partial charge in [0.2, 0.25) is 11.8 Å². The van der Waals surface area contributed by atoms with E-state index >= 15 is 0 Å². The van der Waals surface area contributed by atoms with E-state index in [9.17, 15) is 14.4 Å². The Morgan fingerprint density at radius 1 is 1.03 bits per heavy atom. The summed E-state index contributed by atoms with van der Waals surface area (Å²) >= 11 is 13.5. The summed E-state index contributed by atoms with van der Waals surface area (Å²) in [7, 11) is 0. The third kappa shape index (κ3) is 7.03. The molecule has 0 saturated carbocycles. The van der Waals surface area contributed by atoms with E-state index < -0.39 is 0 Å². The molecule has 0 unspecified atom stereocenters. The molecule has 0 bridgehead atoms. The number of piperazine rings is 1. The highest BCUT2D eigenvalue weighted by Crippen LogP contribution is 2.26. The second kappa shape index (κ2) is 12.6. The lowest BCUT2D eigenvalue weighted by Gasteiger charge is -2.36. The van der Waals surface area contributed by atoms with E-state index in [1.807, 2.05) is 43.0 Å². The number of nitrogens with zero attached hydrogens (tertiary/aromatic N) is 4. The third-order valence-electron chi connectivity index (χ3n) is 6.25. The van der Waals surface area contributed by atoms with E-state index in [1.165, 1.54) is 16.2 Å². The van der Waals surface area contributed by atoms with Gasteiger partial charge in [0.15, 0.2) is 5.13 Å². The molecule has 200 valence electrons. The number of thiazole rings is 1. The van der Waals surface area contributed by atoms with Crippen molar-refractivity contribution in [1.29, 1.82) is 0 Å². The Kier molecular flexibility index (Phi) is 9.25. The van der Waals surface area contributed by atoms with Gasteiger partial charge in [0, 0.05) is 48.2 Å². The van der Waals surface area contributed by atoms with Crippen LogP contribution in [-0.4, -0.2) is 71.3 Å². The number of carbonyl (C=O) groups excluding carboxylic acids is 3. The monoisotopic (exact) mass is 573 g/mol. The van der Waals surface area contributed by atoms with Gasteiger partial charge in [-0.1, -0.05) is 35.3 Å². The van der Waals surface area contributed by atoms with Crippen LogP contribution in [0.2, 0.25) is 10.0 Å². The van der Waals surface area contributed by atoms with Crippen LogP contribution in [0.15, 0.2) is 53.9 Å². The molecule has 8 nitrogen and oxygen atoms in total. The predicted octanol–water partition coefficient (Wildman–Crippen LogP) is 4.83. The lowest BCUT2D eigenvalue weighted by atomic mass is 10.1. The number of hydrogen-bond donors (Lipinski definition) is 1. The molecule has 4 rings (SSSR count). The molecular formula is C27H29Cl2N5O3S. The van der Waals surface area contributed by atoms with Crippen LogP contribution in [0.1, 0.15) is 29.9 Å². The van der Waals surface area contributed by atoms with Crippen LogP contribution in [0.5, 0.6) is 0 Å². The molecular weight excluding hydrogens is 545 g/mol. The Bertz CT molecular complexity index is 1290. The fourth-order valence-corrected chi connectivity index (χ4v) is 5.29. The lowest BCUT2D eigenvalue weighted by molar-refractivity contribution is -0.130. The quantitative estimate of drug-likeness (QED) is 0.417. The van der Waals surface area contributed by atoms with Crippen LogP contribution in [0, 0.1) is 0 Å². The molecule has 38 heavy (non-hydrogen) atoms. The predicted molar refractivity (Wildman–Crippen MR) is 152 cm³/mol. The summed E-state index contributed by atoms with van der Waals surface area (Å²) in [4.78, 5) is 48.4. The fourth-order valence-electron chi connectivity index (χ4n) is 4.18. The Morgan fingerprint density at radius 2 is 1.71 bits per heavy atom. The molecule has 0 atom stereocenters. The number of anilines is 2. The standard InChI is InChI=1S/C27H29Cl2N5O3S/c1-18(2)34(26(37)19-7-9-20(28)10-8-19)16-24(35)31-27-30-21(17-38-27)15-25(36)33-13-11-32(12-14-33)23-6-4-3-5-22(23)29/h3-10,17-18H,11-16H2,1-2H3,(H,30,31,35). The summed E-state index contributed by atoms with van der Waals surface area (Å²) in [5, 5.41) is 6.16. The van der Waals surface area contributed by atoms with Gasteiger partial charge in [0.1, 0.15) is 6.54 Å². The third-order valence-corrected chi connectivity index (χ3v) is 7.62. The van der Waals surface area contributed by atoms with Gasteiger partial charge in [-0.05, 0) is 50.2 Å². The molecule has 2 aromatic carbocycles. The molecule has 1 aliphatic heterocycles. The van der Waals surface area contributed by atoms with Crippen LogP contribution in [-0.2, 0) is 16.0 Å². The summed E-state index contributed by atoms with van der Waals surface area (Å²) in [6, 6.07) is 14.1. The van der Waals surface area contributed by atoms with Crippen molar-refractivity contribution in [3.8, 4) is 0 Å². The molecule has 1 N–H and O–H groups in total. The van der Waals surface area contributed by atoms with Crippen LogP contribution in [0.3, 0.4) is 0 Å². The van der Waals surface area contributed by atoms with E-state index in [2.05, 4.69) is 15.2 Å². The lowest BCUT2D eigenvalue weighted by Crippen LogP contribution is -2.49. The van der Waals surface area contributed by atoms with Crippen molar-refractivity contribution < 1.29 is 14.4 Å². The smallest absolute Gasteiger partial charge is 0.254 e. The van der Waals surface area contributed by atoms with E-state index in [1.54, 1.807) is 29.6 Å². The summed E-state index contributed by atoms with van der Waals surface area (Å²) in [6.07, 6.45) is 0.158. The van der Waals surface area contributed by atoms with E-state index in [4.69, 9.17) is 23.2 Å². The number of hydrogen-bond acceptors (Lipinski definition) is 6. The van der Waals surface area contributed by atoms with Crippen molar-refractivity contribution in [2.75, 3.05) is 42.9 Å². The minimum atomic E-state index is -0.357. The van der Waals surface area contributed by atoms with Crippen molar-refractivity contribution in [3.05, 3.63) is 75.2 Å². The van der Waals surface area contributed by atoms with Crippen LogP contribution >= 0.6 is 34.5 Å². The van der Waals surface area contributed by atoms with Crippen molar-refractivity contribution in [3.63, 3.8) is 0 Å². The maximum Gasteiger partial charge on any atom is 0.254 e. The van der Waals surface area contributed by atoms with E-state index in [0.29, 0.717) is 52.6 Å². The SMILES string of the molecule is CC(C)N(CC(=O)Nc1nc(CC(=O)N2CCN(c3ccccc3Cl)CC2)cs1)C(=O)c1ccc(Cl)cc1. The minimum Gasteiger partial charge on any atom is -0.367 e. The van der Waals surface area contributed by atoms with Gasteiger partial charge in [-0.15, -0.1) is 11.3 Å². The van der Waals surface area contributed by atoms with Crippen molar-refractivity contribution in [2.24, 2.45) is 0 Å². The minimum absolute atomic E-state index is 0.00784. The molecule has 1 saturated heterocycles. The zero-order valence-corrected chi connectivity index (χ0v) is 23.5. The largest absolute Gasteiger partial charge is 0.367 e. The maximum atomic E-state index is 12.9. The van der Waals surface area contributed by atoms with Gasteiger partial charge in [-0.3, -0.25) is 14.4 Å². The highest BCUT2D eigenvalue weighted by Gasteiger charge is 2.24. The number of halogens is 2. The van der Waals surface area contributed by atoms with Crippen LogP contribution in [0.4, 0.5) is 10.8 Å². The average Bonchev–Trinajstić information content (AvgIpc) is 3.34.